The fourth-order valence-corrected chi connectivity index (χ4v) is 3.98. The van der Waals surface area contributed by atoms with Crippen molar-refractivity contribution >= 4 is 5.78 Å². The van der Waals surface area contributed by atoms with Gasteiger partial charge in [-0.1, -0.05) is 66.6 Å². The van der Waals surface area contributed by atoms with Gasteiger partial charge in [0, 0.05) is 42.0 Å². The third-order valence-corrected chi connectivity index (χ3v) is 5.41. The first-order valence-electron chi connectivity index (χ1n) is 11.9. The summed E-state index contributed by atoms with van der Waals surface area (Å²) in [6, 6.07) is 21.4. The predicted molar refractivity (Wildman–Crippen MR) is 142 cm³/mol. The first-order valence-corrected chi connectivity index (χ1v) is 11.9. The quantitative estimate of drug-likeness (QED) is 0.236. The summed E-state index contributed by atoms with van der Waals surface area (Å²) in [7, 11) is 0. The lowest BCUT2D eigenvalue weighted by Gasteiger charge is -2.35. The second-order valence-electron chi connectivity index (χ2n) is 9.30. The molecule has 1 unspecified atom stereocenters. The Morgan fingerprint density at radius 3 is 1.61 bits per heavy atom. The van der Waals surface area contributed by atoms with Crippen molar-refractivity contribution in [2.75, 3.05) is 0 Å². The first kappa shape index (κ1) is 28.2. The van der Waals surface area contributed by atoms with Crippen molar-refractivity contribution in [1.82, 2.24) is 9.80 Å². The molecule has 0 amide bonds. The molecular formula is C30H42N2O. The van der Waals surface area contributed by atoms with Crippen molar-refractivity contribution in [2.24, 2.45) is 0 Å². The number of hydrogen-bond donors (Lipinski definition) is 0. The summed E-state index contributed by atoms with van der Waals surface area (Å²) in [5.74, 6) is 2.96. The average Bonchev–Trinajstić information content (AvgIpc) is 2.78. The minimum Gasteiger partial charge on any atom is -0.372 e. The van der Waals surface area contributed by atoms with Crippen molar-refractivity contribution in [3.63, 3.8) is 0 Å². The molecule has 0 radical (unpaired) electrons. The minimum atomic E-state index is 0.0527. The van der Waals surface area contributed by atoms with Gasteiger partial charge in [0.25, 0.3) is 0 Å². The Morgan fingerprint density at radius 1 is 0.758 bits per heavy atom. The molecule has 3 heteroatoms. The molecule has 2 aromatic carbocycles. The maximum absolute atomic E-state index is 11.9. The molecule has 0 aromatic heterocycles. The fourth-order valence-electron chi connectivity index (χ4n) is 3.98. The SMILES string of the molecule is C#CC(c1ccccc1)N(C(C)C)C(C)C.CC(C)N(/C=C/C(=O)c1ccccc1)C(C)C. The molecule has 0 saturated carbocycles. The Balaban J connectivity index is 0.000000331. The van der Waals surface area contributed by atoms with E-state index in [9.17, 15) is 4.79 Å². The zero-order chi connectivity index (χ0) is 25.0. The van der Waals surface area contributed by atoms with Gasteiger partial charge >= 0.3 is 0 Å². The van der Waals surface area contributed by atoms with Gasteiger partial charge in [-0.15, -0.1) is 6.42 Å². The van der Waals surface area contributed by atoms with Gasteiger partial charge in [0.2, 0.25) is 0 Å². The lowest BCUT2D eigenvalue weighted by Crippen LogP contribution is -2.39. The van der Waals surface area contributed by atoms with E-state index < -0.39 is 0 Å². The number of carbonyl (C=O) groups is 1. The minimum absolute atomic E-state index is 0.0527. The number of carbonyl (C=O) groups excluding carboxylic acids is 1. The molecule has 0 heterocycles. The number of allylic oxidation sites excluding steroid dienone is 1. The Hall–Kier alpha value is -2.83. The van der Waals surface area contributed by atoms with Crippen LogP contribution in [0.4, 0.5) is 0 Å². The van der Waals surface area contributed by atoms with Gasteiger partial charge in [-0.2, -0.15) is 0 Å². The van der Waals surface area contributed by atoms with E-state index in [0.717, 1.165) is 5.56 Å². The second kappa shape index (κ2) is 14.3. The number of nitrogens with zero attached hydrogens (tertiary/aromatic N) is 2. The molecule has 33 heavy (non-hydrogen) atoms. The second-order valence-corrected chi connectivity index (χ2v) is 9.30. The van der Waals surface area contributed by atoms with Crippen LogP contribution in [-0.4, -0.2) is 39.8 Å². The summed E-state index contributed by atoms with van der Waals surface area (Å²) in [6.45, 7) is 17.2. The number of terminal acetylenes is 1. The highest BCUT2D eigenvalue weighted by Gasteiger charge is 2.23. The van der Waals surface area contributed by atoms with E-state index in [2.05, 4.69) is 83.2 Å². The number of rotatable bonds is 9. The largest absolute Gasteiger partial charge is 0.372 e. The van der Waals surface area contributed by atoms with Crippen molar-refractivity contribution < 1.29 is 4.79 Å². The normalized spacial score (nSPS) is 12.2. The standard InChI is InChI=1S/C15H21NO.C15H21N/c1-12(2)16(13(3)4)11-10-15(17)14-8-6-5-7-9-14;1-6-15(14-10-8-7-9-11-14)16(12(2)3)13(4)5/h5-13H,1-4H3;1,7-13,15H,2-5H3/b11-10+;. The topological polar surface area (TPSA) is 23.6 Å². The number of ketones is 1. The maximum atomic E-state index is 11.9. The zero-order valence-corrected chi connectivity index (χ0v) is 21.7. The summed E-state index contributed by atoms with van der Waals surface area (Å²) < 4.78 is 0. The molecule has 0 bridgehead atoms. The summed E-state index contributed by atoms with van der Waals surface area (Å²) in [5.41, 5.74) is 1.93. The molecule has 0 saturated heterocycles. The van der Waals surface area contributed by atoms with E-state index in [4.69, 9.17) is 6.42 Å². The van der Waals surface area contributed by atoms with Crippen molar-refractivity contribution in [2.45, 2.75) is 85.6 Å². The van der Waals surface area contributed by atoms with E-state index in [1.54, 1.807) is 6.08 Å². The molecule has 1 atom stereocenters. The Labute approximate surface area is 202 Å². The van der Waals surface area contributed by atoms with Crippen LogP contribution in [0.2, 0.25) is 0 Å². The van der Waals surface area contributed by atoms with E-state index in [1.807, 2.05) is 54.7 Å². The molecule has 0 aliphatic rings. The van der Waals surface area contributed by atoms with Gasteiger partial charge in [-0.05, 0) is 61.0 Å². The third-order valence-electron chi connectivity index (χ3n) is 5.41. The number of benzene rings is 2. The van der Waals surface area contributed by atoms with Crippen LogP contribution in [0.25, 0.3) is 0 Å². The third kappa shape index (κ3) is 9.28. The Kier molecular flexibility index (Phi) is 12.3. The van der Waals surface area contributed by atoms with E-state index in [1.165, 1.54) is 5.56 Å². The van der Waals surface area contributed by atoms with Crippen LogP contribution in [0.5, 0.6) is 0 Å². The summed E-state index contributed by atoms with van der Waals surface area (Å²) >= 11 is 0. The zero-order valence-electron chi connectivity index (χ0n) is 21.7. The summed E-state index contributed by atoms with van der Waals surface area (Å²) in [5, 5.41) is 0. The van der Waals surface area contributed by atoms with Crippen LogP contribution in [0.15, 0.2) is 72.9 Å². The van der Waals surface area contributed by atoms with Crippen LogP contribution in [-0.2, 0) is 0 Å². The van der Waals surface area contributed by atoms with Crippen molar-refractivity contribution in [3.8, 4) is 12.3 Å². The molecule has 2 aromatic rings. The Bertz CT molecular complexity index is 861. The highest BCUT2D eigenvalue weighted by Crippen LogP contribution is 2.24. The van der Waals surface area contributed by atoms with Crippen LogP contribution >= 0.6 is 0 Å². The lowest BCUT2D eigenvalue weighted by molar-refractivity contribution is 0.104. The first-order chi connectivity index (χ1) is 15.6. The molecule has 0 aliphatic heterocycles. The monoisotopic (exact) mass is 446 g/mol. The molecule has 2 rings (SSSR count). The lowest BCUT2D eigenvalue weighted by atomic mass is 10.0. The van der Waals surface area contributed by atoms with Crippen LogP contribution < -0.4 is 0 Å². The highest BCUT2D eigenvalue weighted by atomic mass is 16.1. The van der Waals surface area contributed by atoms with Gasteiger partial charge in [-0.3, -0.25) is 9.69 Å². The van der Waals surface area contributed by atoms with Crippen LogP contribution in [0, 0.1) is 12.3 Å². The Morgan fingerprint density at radius 2 is 1.21 bits per heavy atom. The van der Waals surface area contributed by atoms with Crippen molar-refractivity contribution in [3.05, 3.63) is 84.1 Å². The van der Waals surface area contributed by atoms with Gasteiger partial charge < -0.3 is 4.90 Å². The molecule has 0 spiro atoms. The molecule has 0 aliphatic carbocycles. The fraction of sp³-hybridized carbons (Fsp3) is 0.433. The summed E-state index contributed by atoms with van der Waals surface area (Å²) in [6.07, 6.45) is 9.23. The van der Waals surface area contributed by atoms with Gasteiger partial charge in [0.15, 0.2) is 5.78 Å². The van der Waals surface area contributed by atoms with E-state index in [0.29, 0.717) is 24.2 Å². The maximum Gasteiger partial charge on any atom is 0.187 e. The van der Waals surface area contributed by atoms with Crippen LogP contribution in [0.1, 0.15) is 77.4 Å². The van der Waals surface area contributed by atoms with E-state index in [-0.39, 0.29) is 11.8 Å². The molecule has 178 valence electrons. The van der Waals surface area contributed by atoms with E-state index >= 15 is 0 Å². The van der Waals surface area contributed by atoms with Crippen LogP contribution in [0.3, 0.4) is 0 Å². The number of hydrogen-bond acceptors (Lipinski definition) is 3. The molecule has 3 nitrogen and oxygen atoms in total. The molecular weight excluding hydrogens is 404 g/mol. The van der Waals surface area contributed by atoms with Gasteiger partial charge in [0.1, 0.15) is 0 Å². The summed E-state index contributed by atoms with van der Waals surface area (Å²) in [4.78, 5) is 16.4. The average molecular weight is 447 g/mol. The van der Waals surface area contributed by atoms with Gasteiger partial charge in [0.05, 0.1) is 6.04 Å². The molecule has 0 N–H and O–H groups in total. The smallest absolute Gasteiger partial charge is 0.187 e. The highest BCUT2D eigenvalue weighted by molar-refractivity contribution is 6.04. The van der Waals surface area contributed by atoms with Gasteiger partial charge in [-0.25, -0.2) is 0 Å². The molecule has 0 fully saturated rings. The predicted octanol–water partition coefficient (Wildman–Crippen LogP) is 6.98. The van der Waals surface area contributed by atoms with Crippen molar-refractivity contribution in [1.29, 1.82) is 0 Å².